The van der Waals surface area contributed by atoms with Crippen LogP contribution in [-0.4, -0.2) is 41.2 Å². The summed E-state index contributed by atoms with van der Waals surface area (Å²) in [5, 5.41) is 2.60. The quantitative estimate of drug-likeness (QED) is 0.406. The number of rotatable bonds is 5. The summed E-state index contributed by atoms with van der Waals surface area (Å²) in [7, 11) is -0.717. The van der Waals surface area contributed by atoms with Crippen molar-refractivity contribution in [1.29, 1.82) is 0 Å². The molecule has 2 fully saturated rings. The molecule has 0 bridgehead atoms. The van der Waals surface area contributed by atoms with Gasteiger partial charge >= 0.3 is 14.2 Å². The Hall–Kier alpha value is -1.79. The van der Waals surface area contributed by atoms with Crippen molar-refractivity contribution in [2.24, 2.45) is 5.92 Å². The van der Waals surface area contributed by atoms with E-state index in [1.54, 1.807) is 0 Å². The maximum atomic E-state index is 6.56. The van der Waals surface area contributed by atoms with Gasteiger partial charge < -0.3 is 23.2 Å². The van der Waals surface area contributed by atoms with Crippen molar-refractivity contribution in [1.82, 2.24) is 4.57 Å². The van der Waals surface area contributed by atoms with Gasteiger partial charge in [0.25, 0.3) is 0 Å². The van der Waals surface area contributed by atoms with Crippen LogP contribution < -0.4 is 10.9 Å². The van der Waals surface area contributed by atoms with Crippen LogP contribution in [0.15, 0.2) is 30.3 Å². The molecule has 1 aromatic heterocycles. The van der Waals surface area contributed by atoms with Crippen molar-refractivity contribution in [3.8, 4) is 0 Å². The van der Waals surface area contributed by atoms with Crippen LogP contribution in [-0.2, 0) is 31.6 Å². The minimum Gasteiger partial charge on any atom is -0.399 e. The highest BCUT2D eigenvalue weighted by molar-refractivity contribution is 6.63. The van der Waals surface area contributed by atoms with Crippen LogP contribution in [0, 0.1) is 5.92 Å². The van der Waals surface area contributed by atoms with Crippen molar-refractivity contribution in [2.75, 3.05) is 0 Å². The van der Waals surface area contributed by atoms with Gasteiger partial charge in [-0.25, -0.2) is 0 Å². The zero-order valence-electron chi connectivity index (χ0n) is 24.7. The molecule has 5 nitrogen and oxygen atoms in total. The van der Waals surface area contributed by atoms with E-state index in [0.29, 0.717) is 5.92 Å². The third-order valence-electron chi connectivity index (χ3n) is 10.1. The first-order chi connectivity index (χ1) is 17.7. The second-order valence-electron chi connectivity index (χ2n) is 13.8. The Morgan fingerprint density at radius 1 is 0.789 bits per heavy atom. The molecule has 38 heavy (non-hydrogen) atoms. The maximum Gasteiger partial charge on any atom is 0.495 e. The first-order valence-electron chi connectivity index (χ1n) is 14.5. The Morgan fingerprint density at radius 2 is 1.37 bits per heavy atom. The Balaban J connectivity index is 1.49. The third kappa shape index (κ3) is 3.91. The Morgan fingerprint density at radius 3 is 1.97 bits per heavy atom. The predicted octanol–water partition coefficient (Wildman–Crippen LogP) is 5.76. The van der Waals surface area contributed by atoms with E-state index in [9.17, 15) is 0 Å². The number of aromatic nitrogens is 1. The molecule has 3 aliphatic heterocycles. The molecule has 0 radical (unpaired) electrons. The number of hydrogen-bond acceptors (Lipinski definition) is 4. The molecule has 7 heteroatoms. The third-order valence-corrected chi connectivity index (χ3v) is 10.1. The standard InChI is InChI=1S/C31H43B2NO4/c1-10-11-12-20-17-24-25(33-37-30(6,7)31(8,9)38-33)16-15-23-22-14-13-21(18-26(22)34(19-20)27(23)24)32-35-28(2,3)29(4,5)36-32/h13-16,18,20H,10-12,17,19H2,1-9H3. The molecule has 202 valence electrons. The summed E-state index contributed by atoms with van der Waals surface area (Å²) < 4.78 is 28.5. The second kappa shape index (κ2) is 8.60. The number of fused-ring (bicyclic) bond motifs is 3. The molecular formula is C31H43B2NO4. The normalized spacial score (nSPS) is 25.1. The van der Waals surface area contributed by atoms with Gasteiger partial charge in [0.1, 0.15) is 0 Å². The average molecular weight is 515 g/mol. The Bertz CT molecular complexity index is 1370. The van der Waals surface area contributed by atoms with Crippen LogP contribution in [0.2, 0.25) is 0 Å². The highest BCUT2D eigenvalue weighted by atomic mass is 16.7. The van der Waals surface area contributed by atoms with Crippen molar-refractivity contribution in [3.05, 3.63) is 35.9 Å². The molecule has 3 aliphatic rings. The van der Waals surface area contributed by atoms with E-state index in [2.05, 4.69) is 97.2 Å². The summed E-state index contributed by atoms with van der Waals surface area (Å²) in [5.74, 6) is 0.588. The van der Waals surface area contributed by atoms with E-state index in [1.165, 1.54) is 52.1 Å². The minimum atomic E-state index is -0.366. The zero-order chi connectivity index (χ0) is 27.3. The van der Waals surface area contributed by atoms with Gasteiger partial charge in [-0.2, -0.15) is 0 Å². The van der Waals surface area contributed by atoms with Gasteiger partial charge in [0.05, 0.1) is 27.9 Å². The van der Waals surface area contributed by atoms with Gasteiger partial charge in [-0.3, -0.25) is 0 Å². The van der Waals surface area contributed by atoms with E-state index in [4.69, 9.17) is 18.6 Å². The summed E-state index contributed by atoms with van der Waals surface area (Å²) in [6.07, 6.45) is 4.76. The van der Waals surface area contributed by atoms with Crippen molar-refractivity contribution in [2.45, 2.75) is 117 Å². The molecular weight excluding hydrogens is 472 g/mol. The van der Waals surface area contributed by atoms with E-state index in [1.807, 2.05) is 0 Å². The topological polar surface area (TPSA) is 41.9 Å². The summed E-state index contributed by atoms with van der Waals surface area (Å²) >= 11 is 0. The van der Waals surface area contributed by atoms with E-state index in [0.717, 1.165) is 18.4 Å². The fourth-order valence-electron chi connectivity index (χ4n) is 6.32. The number of nitrogens with zero attached hydrogens (tertiary/aromatic N) is 1. The summed E-state index contributed by atoms with van der Waals surface area (Å²) in [5.41, 5.74) is 4.82. The van der Waals surface area contributed by atoms with Crippen LogP contribution in [0.1, 0.15) is 87.1 Å². The minimum absolute atomic E-state index is 0.351. The lowest BCUT2D eigenvalue weighted by atomic mass is 9.72. The van der Waals surface area contributed by atoms with Crippen LogP contribution in [0.5, 0.6) is 0 Å². The molecule has 0 amide bonds. The lowest BCUT2D eigenvalue weighted by Gasteiger charge is -2.32. The van der Waals surface area contributed by atoms with Gasteiger partial charge in [0.15, 0.2) is 0 Å². The summed E-state index contributed by atoms with van der Waals surface area (Å²) in [6, 6.07) is 11.3. The second-order valence-corrected chi connectivity index (χ2v) is 13.8. The summed E-state index contributed by atoms with van der Waals surface area (Å²) in [6.45, 7) is 20.3. The van der Waals surface area contributed by atoms with Crippen LogP contribution in [0.4, 0.5) is 0 Å². The first kappa shape index (κ1) is 26.4. The molecule has 2 saturated heterocycles. The molecule has 1 atom stereocenters. The number of unbranched alkanes of at least 4 members (excludes halogenated alkanes) is 1. The predicted molar refractivity (Wildman–Crippen MR) is 158 cm³/mol. The smallest absolute Gasteiger partial charge is 0.399 e. The zero-order valence-corrected chi connectivity index (χ0v) is 24.7. The van der Waals surface area contributed by atoms with Crippen molar-refractivity contribution < 1.29 is 18.6 Å². The molecule has 0 aliphatic carbocycles. The number of benzene rings is 2. The monoisotopic (exact) mass is 515 g/mol. The summed E-state index contributed by atoms with van der Waals surface area (Å²) in [4.78, 5) is 0. The van der Waals surface area contributed by atoms with Gasteiger partial charge in [-0.05, 0) is 96.7 Å². The molecule has 4 heterocycles. The van der Waals surface area contributed by atoms with Gasteiger partial charge in [-0.1, -0.05) is 44.0 Å². The molecule has 0 spiro atoms. The first-order valence-corrected chi connectivity index (χ1v) is 14.5. The molecule has 3 aromatic rings. The largest absolute Gasteiger partial charge is 0.495 e. The van der Waals surface area contributed by atoms with E-state index in [-0.39, 0.29) is 36.6 Å². The van der Waals surface area contributed by atoms with Gasteiger partial charge in [0, 0.05) is 22.8 Å². The van der Waals surface area contributed by atoms with Crippen LogP contribution >= 0.6 is 0 Å². The van der Waals surface area contributed by atoms with Crippen LogP contribution in [0.3, 0.4) is 0 Å². The highest BCUT2D eigenvalue weighted by Crippen LogP contribution is 2.41. The van der Waals surface area contributed by atoms with E-state index >= 15 is 0 Å². The Kier molecular flexibility index (Phi) is 5.98. The Labute approximate surface area is 228 Å². The van der Waals surface area contributed by atoms with Gasteiger partial charge in [-0.15, -0.1) is 0 Å². The molecule has 6 rings (SSSR count). The lowest BCUT2D eigenvalue weighted by Crippen LogP contribution is -2.41. The fraction of sp³-hybridized carbons (Fsp3) is 0.613. The van der Waals surface area contributed by atoms with Gasteiger partial charge in [0.2, 0.25) is 0 Å². The molecule has 2 aromatic carbocycles. The molecule has 1 unspecified atom stereocenters. The van der Waals surface area contributed by atoms with Crippen molar-refractivity contribution >= 4 is 47.0 Å². The van der Waals surface area contributed by atoms with Crippen molar-refractivity contribution in [3.63, 3.8) is 0 Å². The fourth-order valence-corrected chi connectivity index (χ4v) is 6.32. The number of hydrogen-bond donors (Lipinski definition) is 0. The maximum absolute atomic E-state index is 6.56. The lowest BCUT2D eigenvalue weighted by molar-refractivity contribution is 0.00578. The highest BCUT2D eigenvalue weighted by Gasteiger charge is 2.53. The van der Waals surface area contributed by atoms with E-state index < -0.39 is 0 Å². The molecule has 0 N–H and O–H groups in total. The molecule has 0 saturated carbocycles. The van der Waals surface area contributed by atoms with Crippen LogP contribution in [0.25, 0.3) is 21.8 Å². The average Bonchev–Trinajstić information content (AvgIpc) is 3.35. The SMILES string of the molecule is CCCCC1Cc2c(B3OC(C)(C)C(C)(C)O3)ccc3c4ccc(B5OC(C)(C)C(C)(C)O5)cc4n(c23)C1.